The van der Waals surface area contributed by atoms with Crippen LogP contribution in [-0.4, -0.2) is 254 Å². The number of urea groups is 4. The van der Waals surface area contributed by atoms with E-state index in [1.165, 1.54) is 83.2 Å². The van der Waals surface area contributed by atoms with Crippen LogP contribution in [0, 0.1) is 19.7 Å². The molecule has 8 amide bonds. The highest BCUT2D eigenvalue weighted by Gasteiger charge is 2.47. The summed E-state index contributed by atoms with van der Waals surface area (Å²) in [6.45, 7) is 7.17. The maximum Gasteiger partial charge on any atom is 0.416 e. The normalized spacial score (nSPS) is 17.0. The van der Waals surface area contributed by atoms with Crippen molar-refractivity contribution in [3.05, 3.63) is 238 Å². The maximum atomic E-state index is 14.5. The molecule has 0 saturated carbocycles. The first-order valence-corrected chi connectivity index (χ1v) is 47.5. The van der Waals surface area contributed by atoms with Crippen LogP contribution < -0.4 is 74.7 Å². The zero-order valence-electron chi connectivity index (χ0n) is 77.8. The summed E-state index contributed by atoms with van der Waals surface area (Å²) >= 11 is 26.2. The number of aryl methyl sites for hydroxylation is 2. The van der Waals surface area contributed by atoms with Crippen LogP contribution >= 0.6 is 46.4 Å². The highest BCUT2D eigenvalue weighted by molar-refractivity contribution is 6.35. The third-order valence-electron chi connectivity index (χ3n) is 24.9. The number of anilines is 12. The topological polar surface area (TPSA) is 459 Å². The molecule has 49 heteroatoms. The molecule has 10 aromatic heterocycles. The minimum atomic E-state index is -4.54. The molecule has 21 rings (SSSR count). The van der Waals surface area contributed by atoms with E-state index in [1.807, 2.05) is 66.1 Å². The van der Waals surface area contributed by atoms with Crippen LogP contribution in [0.5, 0.6) is 17.6 Å². The van der Waals surface area contributed by atoms with Crippen molar-refractivity contribution < 1.29 is 94.8 Å². The van der Waals surface area contributed by atoms with E-state index < -0.39 is 79.5 Å². The van der Waals surface area contributed by atoms with E-state index in [-0.39, 0.29) is 135 Å². The number of pyridine rings is 7. The lowest BCUT2D eigenvalue weighted by atomic mass is 10.1. The molecule has 8 aliphatic rings. The van der Waals surface area contributed by atoms with Gasteiger partial charge in [0.1, 0.15) is 56.1 Å². The van der Waals surface area contributed by atoms with Gasteiger partial charge >= 0.3 is 36.5 Å². The van der Waals surface area contributed by atoms with Gasteiger partial charge in [-0.1, -0.05) is 76.7 Å². The molecule has 147 heavy (non-hydrogen) atoms. The Morgan fingerprint density at radius 2 is 0.803 bits per heavy atom. The average molecular weight is 2100 g/mol. The number of ether oxygens (including phenoxy) is 3. The van der Waals surface area contributed by atoms with Crippen LogP contribution in [0.4, 0.5) is 119 Å². The Bertz CT molecular complexity index is 6910. The molecular formula is C98H90Cl4F7N25O13. The molecule has 0 radical (unpaired) electrons. The molecule has 762 valence electrons. The highest BCUT2D eigenvalue weighted by Crippen LogP contribution is 2.50. The van der Waals surface area contributed by atoms with Crippen molar-refractivity contribution in [1.82, 2.24) is 64.8 Å². The fourth-order valence-corrected chi connectivity index (χ4v) is 19.0. The van der Waals surface area contributed by atoms with Gasteiger partial charge in [-0.2, -0.15) is 36.3 Å². The lowest BCUT2D eigenvalue weighted by Crippen LogP contribution is -2.48. The number of hydrogen-bond acceptors (Lipinski definition) is 30. The Kier molecular flexibility index (Phi) is 30.4. The summed E-state index contributed by atoms with van der Waals surface area (Å²) in [7, 11) is 0. The zero-order valence-corrected chi connectivity index (χ0v) is 80.8. The number of benzene rings is 3. The van der Waals surface area contributed by atoms with Crippen molar-refractivity contribution in [1.29, 1.82) is 0 Å². The molecule has 7 atom stereocenters. The average Bonchev–Trinajstić information content (AvgIpc) is 1.66. The number of aliphatic hydroxyl groups excluding tert-OH is 6. The largest absolute Gasteiger partial charge is 0.475 e. The lowest BCUT2D eigenvalue weighted by Gasteiger charge is -2.36. The number of halogens is 11. The number of amides is 8. The number of aromatic nitrogens is 13. The standard InChI is InChI=1S/C27H22ClFN6O.2C24H22ClF3N6O4.C23H24ClN7O4/c1-16-9-17(4-7-31-16)25-23(28)13-24-26(33-25)35(22-5-8-34(24)15-22)27(36)32-21-11-19(10-20(29)12-21)18-3-2-6-30-14-18;25-17-9-18-21(31-20(17)13-2-1-3-14(8-13)24(26,27)28)34(15-5-7-33(18)10-15)23(37)32-22-29-6-4-19(30-22)38-12-16(36)11-35;25-17-7-18-22(32-21(17)13-2-1-3-14(6-13)24(26,27)28)34(15-4-5-33(18)10-15)23(37)31-19-8-29-9-20(30-19)38-12-16(36)11-35;1-13-6-14(2-4-25-13)21-17(24)7-18-22(29-21)31(15-3-5-30(18)9-15)23(34)28-19-8-20(27-12-26-19)35-11-16(33)10-32/h2-4,6-7,9-14,22H,5,8,15H2,1H3,(H,32,36);1-4,6,8-9,15-16,35-36H,5,7,10-12H2,(H,29,30,32,37);1-3,6-9,15-16,35-36H,4-5,10-12H2,(H,30,31,37);2,4,6-8,12,15-16,32-33H,3,5,9-11H2,1H3,(H,26,27,28,34)/t22-;15-,16+;2*15-,16-/m0000/s1. The minimum absolute atomic E-state index is 0.0260. The second-order valence-electron chi connectivity index (χ2n) is 35.0. The molecule has 38 nitrogen and oxygen atoms in total. The second-order valence-corrected chi connectivity index (χ2v) is 36.7. The van der Waals surface area contributed by atoms with Gasteiger partial charge in [0.25, 0.3) is 0 Å². The Morgan fingerprint density at radius 3 is 1.23 bits per heavy atom. The fraction of sp³-hybridized carbons (Fsp3) is 0.296. The number of nitrogens with one attached hydrogen (secondary N) is 4. The van der Waals surface area contributed by atoms with Crippen LogP contribution in [0.3, 0.4) is 0 Å². The van der Waals surface area contributed by atoms with Gasteiger partial charge in [0.15, 0.2) is 29.1 Å². The number of hydrogen-bond donors (Lipinski definition) is 10. The number of carbonyl (C=O) groups excluding carboxylic acids is 4. The van der Waals surface area contributed by atoms with Crippen LogP contribution in [0.25, 0.3) is 56.2 Å². The van der Waals surface area contributed by atoms with Gasteiger partial charge in [0.2, 0.25) is 23.6 Å². The van der Waals surface area contributed by atoms with Gasteiger partial charge in [0.05, 0.1) is 133 Å². The second kappa shape index (κ2) is 43.8. The Labute approximate surface area is 852 Å². The van der Waals surface area contributed by atoms with Gasteiger partial charge < -0.3 is 69.8 Å². The molecule has 4 saturated heterocycles. The summed E-state index contributed by atoms with van der Waals surface area (Å²) in [5.74, 6) is 1.64. The predicted molar refractivity (Wildman–Crippen MR) is 534 cm³/mol. The third-order valence-corrected chi connectivity index (χ3v) is 26.1. The number of alkyl halides is 6. The summed E-state index contributed by atoms with van der Waals surface area (Å²) in [4.78, 5) is 124. The van der Waals surface area contributed by atoms with Crippen molar-refractivity contribution in [2.24, 2.45) is 0 Å². The first kappa shape index (κ1) is 102. The number of fused-ring (bicyclic) bond motifs is 16. The maximum absolute atomic E-state index is 14.5. The molecule has 0 unspecified atom stereocenters. The van der Waals surface area contributed by atoms with E-state index in [4.69, 9.17) is 85.9 Å². The molecule has 0 aliphatic carbocycles. The Hall–Kier alpha value is -14.9. The Morgan fingerprint density at radius 1 is 0.395 bits per heavy atom. The van der Waals surface area contributed by atoms with E-state index >= 15 is 0 Å². The van der Waals surface area contributed by atoms with E-state index in [1.54, 1.807) is 58.9 Å². The van der Waals surface area contributed by atoms with E-state index in [0.29, 0.717) is 108 Å². The molecule has 8 aliphatic heterocycles. The van der Waals surface area contributed by atoms with Crippen molar-refractivity contribution in [3.63, 3.8) is 0 Å². The van der Waals surface area contributed by atoms with E-state index in [2.05, 4.69) is 85.9 Å². The smallest absolute Gasteiger partial charge is 0.416 e. The van der Waals surface area contributed by atoms with E-state index in [9.17, 15) is 65.2 Å². The van der Waals surface area contributed by atoms with E-state index in [0.717, 1.165) is 89.6 Å². The fourth-order valence-electron chi connectivity index (χ4n) is 18.0. The molecule has 8 bridgehead atoms. The quantitative estimate of drug-likeness (QED) is 0.0299. The number of carbonyl (C=O) groups is 4. The van der Waals surface area contributed by atoms with Gasteiger partial charge in [-0.15, -0.1) is 0 Å². The van der Waals surface area contributed by atoms with Crippen molar-refractivity contribution in [3.8, 4) is 73.8 Å². The number of nitrogens with zero attached hydrogens (tertiary/aromatic N) is 21. The lowest BCUT2D eigenvalue weighted by molar-refractivity contribution is -0.138. The molecule has 0 spiro atoms. The number of rotatable bonds is 21. The summed E-state index contributed by atoms with van der Waals surface area (Å²) in [5, 5.41) is 67.5. The summed E-state index contributed by atoms with van der Waals surface area (Å²) in [5.41, 5.74) is 7.95. The molecular weight excluding hydrogens is 2010 g/mol. The first-order valence-electron chi connectivity index (χ1n) is 46.0. The monoisotopic (exact) mass is 2100 g/mol. The van der Waals surface area contributed by atoms with Crippen molar-refractivity contribution in [2.75, 3.05) is 152 Å². The van der Waals surface area contributed by atoms with Gasteiger partial charge in [-0.25, -0.2) is 58.5 Å². The highest BCUT2D eigenvalue weighted by atomic mass is 35.5. The SMILES string of the molecule is Cc1cc(-c2nc3c(cc2Cl)N2CC[C@@H](C2)N3C(=O)Nc2cc(F)cc(-c3cccnc3)c2)ccn1.Cc1cc(-c2nc3c(cc2Cl)N2CC[C@@H](C2)N3C(=O)Nc2cc(OC[C@@H](O)CO)ncn2)ccn1.O=C(Nc1cncc(OC[C@@H](O)CO)n1)N1c2nc(-c3cccc(C(F)(F)F)c3)c(Cl)cc2N2CC[C@H]1C2.O=C(Nc1nccc(OC[C@H](O)CO)n1)N1c2nc(-c3cccc(C(F)(F)F)c3)c(Cl)cc2N2CC[C@H]1C2. The van der Waals surface area contributed by atoms with Crippen LogP contribution in [0.1, 0.15) is 48.2 Å². The van der Waals surface area contributed by atoms with Crippen molar-refractivity contribution in [2.45, 2.75) is 94.4 Å². The number of aliphatic hydroxyl groups is 6. The minimum Gasteiger partial charge on any atom is -0.475 e. The Balaban J connectivity index is 0.000000128. The molecule has 4 fully saturated rings. The van der Waals surface area contributed by atoms with Crippen LogP contribution in [-0.2, 0) is 12.4 Å². The first-order chi connectivity index (χ1) is 70.6. The van der Waals surface area contributed by atoms with Gasteiger partial charge in [0, 0.05) is 140 Å². The molecule has 10 N–H and O–H groups in total. The molecule has 3 aromatic carbocycles. The molecule has 13 aromatic rings. The zero-order chi connectivity index (χ0) is 103. The van der Waals surface area contributed by atoms with Gasteiger partial charge in [-0.3, -0.25) is 55.5 Å². The predicted octanol–water partition coefficient (Wildman–Crippen LogP) is 15.3. The summed E-state index contributed by atoms with van der Waals surface area (Å²) < 4.78 is 110. The van der Waals surface area contributed by atoms with Gasteiger partial charge in [-0.05, 0) is 142 Å². The van der Waals surface area contributed by atoms with Crippen LogP contribution in [0.15, 0.2) is 189 Å². The van der Waals surface area contributed by atoms with Crippen molar-refractivity contribution >= 4 is 140 Å². The van der Waals surface area contributed by atoms with Crippen LogP contribution in [0.2, 0.25) is 20.1 Å². The summed E-state index contributed by atoms with van der Waals surface area (Å²) in [6.07, 6.45) is 2.50. The third kappa shape index (κ3) is 23.0. The summed E-state index contributed by atoms with van der Waals surface area (Å²) in [6, 6.07) is 32.3. The molecule has 18 heterocycles.